The lowest BCUT2D eigenvalue weighted by molar-refractivity contribution is 0.192. The van der Waals surface area contributed by atoms with Crippen molar-refractivity contribution in [2.75, 3.05) is 37.6 Å². The van der Waals surface area contributed by atoms with Gasteiger partial charge in [-0.2, -0.15) is 0 Å². The lowest BCUT2D eigenvalue weighted by atomic mass is 9.98. The lowest BCUT2D eigenvalue weighted by Gasteiger charge is -2.40. The van der Waals surface area contributed by atoms with Gasteiger partial charge in [0.2, 0.25) is 0 Å². The Morgan fingerprint density at radius 3 is 2.75 bits per heavy atom. The Balaban J connectivity index is 1.72. The highest BCUT2D eigenvalue weighted by Crippen LogP contribution is 2.27. The molecule has 2 heterocycles. The van der Waals surface area contributed by atoms with Gasteiger partial charge in [-0.3, -0.25) is 4.90 Å². The number of benzene rings is 1. The lowest BCUT2D eigenvalue weighted by Crippen LogP contribution is -2.50. The second kappa shape index (κ2) is 6.15. The third kappa shape index (κ3) is 2.70. The molecule has 3 nitrogen and oxygen atoms in total. The van der Waals surface area contributed by atoms with E-state index in [0.29, 0.717) is 0 Å². The van der Waals surface area contributed by atoms with Crippen molar-refractivity contribution in [3.8, 4) is 0 Å². The summed E-state index contributed by atoms with van der Waals surface area (Å²) in [5, 5.41) is 3.52. The van der Waals surface area contributed by atoms with E-state index in [2.05, 4.69) is 47.2 Å². The van der Waals surface area contributed by atoms with Crippen LogP contribution in [-0.2, 0) is 13.0 Å². The zero-order valence-electron chi connectivity index (χ0n) is 12.9. The van der Waals surface area contributed by atoms with E-state index in [1.54, 1.807) is 5.56 Å². The molecule has 0 spiro atoms. The van der Waals surface area contributed by atoms with Crippen LogP contribution in [0.5, 0.6) is 0 Å². The third-order valence-electron chi connectivity index (χ3n) is 4.99. The van der Waals surface area contributed by atoms with Gasteiger partial charge in [-0.25, -0.2) is 0 Å². The van der Waals surface area contributed by atoms with E-state index in [1.165, 1.54) is 50.3 Å². The molecule has 1 atom stereocenters. The quantitative estimate of drug-likeness (QED) is 0.911. The van der Waals surface area contributed by atoms with Crippen molar-refractivity contribution in [1.29, 1.82) is 0 Å². The van der Waals surface area contributed by atoms with Gasteiger partial charge in [-0.15, -0.1) is 0 Å². The maximum absolute atomic E-state index is 3.52. The maximum atomic E-state index is 3.52. The molecule has 0 bridgehead atoms. The largest absolute Gasteiger partial charge is 0.369 e. The number of hydrogen-bond acceptors (Lipinski definition) is 3. The van der Waals surface area contributed by atoms with Crippen molar-refractivity contribution in [1.82, 2.24) is 10.2 Å². The number of fused-ring (bicyclic) bond motifs is 1. The molecule has 1 saturated heterocycles. The fourth-order valence-electron chi connectivity index (χ4n) is 3.45. The summed E-state index contributed by atoms with van der Waals surface area (Å²) < 4.78 is 0. The van der Waals surface area contributed by atoms with Crippen LogP contribution in [-0.4, -0.2) is 43.7 Å². The predicted molar refractivity (Wildman–Crippen MR) is 85.4 cm³/mol. The highest BCUT2D eigenvalue weighted by atomic mass is 15.3. The summed E-state index contributed by atoms with van der Waals surface area (Å²) in [6.45, 7) is 11.5. The first-order chi connectivity index (χ1) is 9.79. The highest BCUT2D eigenvalue weighted by molar-refractivity contribution is 5.58. The molecule has 1 unspecified atom stereocenters. The number of nitrogens with one attached hydrogen (secondary N) is 1. The summed E-state index contributed by atoms with van der Waals surface area (Å²) in [6, 6.07) is 7.57. The monoisotopic (exact) mass is 273 g/mol. The van der Waals surface area contributed by atoms with Crippen LogP contribution in [0.25, 0.3) is 0 Å². The van der Waals surface area contributed by atoms with Gasteiger partial charge in [0.05, 0.1) is 0 Å². The molecular weight excluding hydrogens is 246 g/mol. The molecule has 3 heteroatoms. The second-order valence-electron chi connectivity index (χ2n) is 6.12. The van der Waals surface area contributed by atoms with Crippen molar-refractivity contribution in [3.05, 3.63) is 29.3 Å². The maximum Gasteiger partial charge on any atom is 0.0415 e. The zero-order valence-corrected chi connectivity index (χ0v) is 12.9. The minimum absolute atomic E-state index is 0.725. The molecule has 0 aliphatic carbocycles. The van der Waals surface area contributed by atoms with Gasteiger partial charge in [0.15, 0.2) is 0 Å². The van der Waals surface area contributed by atoms with E-state index in [-0.39, 0.29) is 0 Å². The number of nitrogens with zero attached hydrogens (tertiary/aromatic N) is 2. The van der Waals surface area contributed by atoms with E-state index < -0.39 is 0 Å². The van der Waals surface area contributed by atoms with Crippen LogP contribution in [0.3, 0.4) is 0 Å². The van der Waals surface area contributed by atoms with E-state index >= 15 is 0 Å². The number of anilines is 1. The predicted octanol–water partition coefficient (Wildman–Crippen LogP) is 2.25. The summed E-state index contributed by atoms with van der Waals surface area (Å²) in [5.74, 6) is 0. The van der Waals surface area contributed by atoms with Gasteiger partial charge >= 0.3 is 0 Å². The number of piperazine rings is 1. The Labute approximate surface area is 123 Å². The topological polar surface area (TPSA) is 18.5 Å². The van der Waals surface area contributed by atoms with E-state index in [0.717, 1.165) is 19.1 Å². The van der Waals surface area contributed by atoms with E-state index in [4.69, 9.17) is 0 Å². The molecule has 1 fully saturated rings. The summed E-state index contributed by atoms with van der Waals surface area (Å²) in [4.78, 5) is 5.22. The van der Waals surface area contributed by atoms with Crippen molar-refractivity contribution in [2.45, 2.75) is 39.3 Å². The number of hydrogen-bond donors (Lipinski definition) is 1. The molecule has 2 aliphatic rings. The van der Waals surface area contributed by atoms with Crippen LogP contribution in [0.1, 0.15) is 31.4 Å². The Hall–Kier alpha value is -1.06. The Morgan fingerprint density at radius 1 is 1.20 bits per heavy atom. The molecule has 1 N–H and O–H groups in total. The molecule has 2 aliphatic heterocycles. The minimum atomic E-state index is 0.725. The van der Waals surface area contributed by atoms with Gasteiger partial charge in [0.1, 0.15) is 0 Å². The molecular formula is C17H27N3. The fraction of sp³-hybridized carbons (Fsp3) is 0.647. The average molecular weight is 273 g/mol. The van der Waals surface area contributed by atoms with E-state index in [9.17, 15) is 0 Å². The fourth-order valence-corrected chi connectivity index (χ4v) is 3.45. The molecule has 1 aromatic rings. The van der Waals surface area contributed by atoms with Crippen LogP contribution in [0.4, 0.5) is 5.69 Å². The molecule has 0 radical (unpaired) electrons. The third-order valence-corrected chi connectivity index (χ3v) is 4.99. The van der Waals surface area contributed by atoms with Crippen molar-refractivity contribution >= 4 is 5.69 Å². The smallest absolute Gasteiger partial charge is 0.0415 e. The second-order valence-corrected chi connectivity index (χ2v) is 6.12. The van der Waals surface area contributed by atoms with Crippen LogP contribution >= 0.6 is 0 Å². The summed E-state index contributed by atoms with van der Waals surface area (Å²) in [6.07, 6.45) is 2.43. The molecule has 110 valence electrons. The highest BCUT2D eigenvalue weighted by Gasteiger charge is 2.23. The normalized spacial score (nSPS) is 21.6. The average Bonchev–Trinajstić information content (AvgIpc) is 2.54. The summed E-state index contributed by atoms with van der Waals surface area (Å²) in [5.41, 5.74) is 4.56. The molecule has 3 rings (SSSR count). The van der Waals surface area contributed by atoms with Crippen molar-refractivity contribution < 1.29 is 0 Å². The summed E-state index contributed by atoms with van der Waals surface area (Å²) in [7, 11) is 0. The summed E-state index contributed by atoms with van der Waals surface area (Å²) >= 11 is 0. The molecule has 0 amide bonds. The Morgan fingerprint density at radius 2 is 2.00 bits per heavy atom. The standard InChI is InChI=1S/C17H27N3/c1-3-14(2)19-9-11-20(12-10-19)17-6-4-5-15-7-8-18-13-16(15)17/h4-6,14,18H,3,7-13H2,1-2H3. The van der Waals surface area contributed by atoms with Crippen LogP contribution < -0.4 is 10.2 Å². The zero-order chi connectivity index (χ0) is 13.9. The van der Waals surface area contributed by atoms with Crippen molar-refractivity contribution in [3.63, 3.8) is 0 Å². The first-order valence-electron chi connectivity index (χ1n) is 8.10. The SMILES string of the molecule is CCC(C)N1CCN(c2cccc3c2CNCC3)CC1. The Kier molecular flexibility index (Phi) is 4.27. The molecule has 20 heavy (non-hydrogen) atoms. The van der Waals surface area contributed by atoms with E-state index in [1.807, 2.05) is 0 Å². The first-order valence-corrected chi connectivity index (χ1v) is 8.10. The molecule has 1 aromatic carbocycles. The minimum Gasteiger partial charge on any atom is -0.369 e. The van der Waals surface area contributed by atoms with Crippen LogP contribution in [0.15, 0.2) is 18.2 Å². The molecule has 0 aromatic heterocycles. The van der Waals surface area contributed by atoms with Crippen molar-refractivity contribution in [2.24, 2.45) is 0 Å². The molecule has 0 saturated carbocycles. The van der Waals surface area contributed by atoms with Gasteiger partial charge in [0.25, 0.3) is 0 Å². The van der Waals surface area contributed by atoms with Gasteiger partial charge < -0.3 is 10.2 Å². The number of rotatable bonds is 3. The van der Waals surface area contributed by atoms with Crippen LogP contribution in [0, 0.1) is 0 Å². The van der Waals surface area contributed by atoms with Gasteiger partial charge in [-0.1, -0.05) is 19.1 Å². The Bertz CT molecular complexity index is 450. The van der Waals surface area contributed by atoms with Gasteiger partial charge in [-0.05, 0) is 43.5 Å². The first kappa shape index (κ1) is 13.9. The van der Waals surface area contributed by atoms with Crippen LogP contribution in [0.2, 0.25) is 0 Å². The van der Waals surface area contributed by atoms with Gasteiger partial charge in [0, 0.05) is 44.5 Å².